The van der Waals surface area contributed by atoms with E-state index in [-0.39, 0.29) is 11.9 Å². The number of alkyl halides is 1. The second-order valence-corrected chi connectivity index (χ2v) is 4.74. The molecule has 0 saturated heterocycles. The van der Waals surface area contributed by atoms with Crippen molar-refractivity contribution in [3.63, 3.8) is 0 Å². The molecule has 0 spiro atoms. The lowest BCUT2D eigenvalue weighted by atomic mass is 9.93. The highest BCUT2D eigenvalue weighted by atomic mass is 19.1. The van der Waals surface area contributed by atoms with Gasteiger partial charge < -0.3 is 5.32 Å². The molecule has 17 heavy (non-hydrogen) atoms. The maximum Gasteiger partial charge on any atom is 0.123 e. The maximum absolute atomic E-state index is 13.5. The van der Waals surface area contributed by atoms with Gasteiger partial charge in [0.05, 0.1) is 0 Å². The van der Waals surface area contributed by atoms with Crippen molar-refractivity contribution in [1.82, 2.24) is 5.32 Å². The minimum absolute atomic E-state index is 0.0178. The molecule has 0 aromatic heterocycles. The molecule has 0 bridgehead atoms. The molecule has 1 aromatic carbocycles. The Balaban J connectivity index is 1.73. The number of rotatable bonds is 4. The van der Waals surface area contributed by atoms with Gasteiger partial charge in [-0.15, -0.1) is 0 Å². The first-order valence-corrected chi connectivity index (χ1v) is 6.37. The number of halogens is 2. The summed E-state index contributed by atoms with van der Waals surface area (Å²) in [6.07, 6.45) is 3.88. The Hall–Kier alpha value is -0.960. The summed E-state index contributed by atoms with van der Waals surface area (Å²) in [6, 6.07) is 6.52. The monoisotopic (exact) mass is 239 g/mol. The molecule has 0 heterocycles. The summed E-state index contributed by atoms with van der Waals surface area (Å²) in [7, 11) is 0. The number of hydrogen-bond acceptors (Lipinski definition) is 1. The van der Waals surface area contributed by atoms with Gasteiger partial charge in [-0.2, -0.15) is 0 Å². The van der Waals surface area contributed by atoms with Crippen molar-refractivity contribution in [2.75, 3.05) is 6.54 Å². The standard InChI is InChI=1S/C14H19F2N/c15-12-7-5-11(6-8-12)9-10-17-14-4-2-1-3-13(14)16/h5-8,13-14,17H,1-4,9-10H2/t13-,14-/m1/s1. The summed E-state index contributed by atoms with van der Waals surface area (Å²) >= 11 is 0. The molecule has 0 unspecified atom stereocenters. The van der Waals surface area contributed by atoms with E-state index in [1.54, 1.807) is 12.1 Å². The van der Waals surface area contributed by atoms with Crippen LogP contribution in [0.25, 0.3) is 0 Å². The number of nitrogens with one attached hydrogen (secondary N) is 1. The SMILES string of the molecule is Fc1ccc(CCN[C@@H]2CCCC[C@H]2F)cc1. The van der Waals surface area contributed by atoms with Crippen LogP contribution in [0.1, 0.15) is 31.2 Å². The third kappa shape index (κ3) is 3.77. The van der Waals surface area contributed by atoms with Crippen molar-refractivity contribution in [3.05, 3.63) is 35.6 Å². The summed E-state index contributed by atoms with van der Waals surface area (Å²) in [5, 5.41) is 3.27. The Kier molecular flexibility index (Phi) is 4.49. The molecule has 1 fully saturated rings. The van der Waals surface area contributed by atoms with Crippen molar-refractivity contribution >= 4 is 0 Å². The largest absolute Gasteiger partial charge is 0.311 e. The molecule has 3 heteroatoms. The van der Waals surface area contributed by atoms with Gasteiger partial charge in [-0.25, -0.2) is 8.78 Å². The predicted molar refractivity (Wildman–Crippen MR) is 65.3 cm³/mol. The first-order chi connectivity index (χ1) is 8.25. The van der Waals surface area contributed by atoms with Crippen LogP contribution in [0.4, 0.5) is 8.78 Å². The van der Waals surface area contributed by atoms with Crippen molar-refractivity contribution in [2.24, 2.45) is 0 Å². The average Bonchev–Trinajstić information content (AvgIpc) is 2.34. The quantitative estimate of drug-likeness (QED) is 0.850. The molecule has 2 atom stereocenters. The zero-order valence-corrected chi connectivity index (χ0v) is 9.96. The third-order valence-electron chi connectivity index (χ3n) is 3.42. The van der Waals surface area contributed by atoms with Crippen molar-refractivity contribution in [3.8, 4) is 0 Å². The van der Waals surface area contributed by atoms with Crippen molar-refractivity contribution < 1.29 is 8.78 Å². The first-order valence-electron chi connectivity index (χ1n) is 6.37. The van der Waals surface area contributed by atoms with Gasteiger partial charge in [-0.1, -0.05) is 25.0 Å². The van der Waals surface area contributed by atoms with Gasteiger partial charge in [-0.05, 0) is 43.5 Å². The average molecular weight is 239 g/mol. The summed E-state index contributed by atoms with van der Waals surface area (Å²) in [5.41, 5.74) is 1.09. The molecular formula is C14H19F2N. The van der Waals surface area contributed by atoms with E-state index < -0.39 is 6.17 Å². The Morgan fingerprint density at radius 2 is 1.82 bits per heavy atom. The smallest absolute Gasteiger partial charge is 0.123 e. The zero-order valence-electron chi connectivity index (χ0n) is 9.96. The highest BCUT2D eigenvalue weighted by Crippen LogP contribution is 2.21. The van der Waals surface area contributed by atoms with Crippen LogP contribution in [0, 0.1) is 5.82 Å². The second kappa shape index (κ2) is 6.10. The molecule has 0 aliphatic heterocycles. The Morgan fingerprint density at radius 1 is 1.12 bits per heavy atom. The molecule has 1 aliphatic rings. The molecule has 0 radical (unpaired) electrons. The van der Waals surface area contributed by atoms with Crippen molar-refractivity contribution in [2.45, 2.75) is 44.3 Å². The number of hydrogen-bond donors (Lipinski definition) is 1. The van der Waals surface area contributed by atoms with Gasteiger partial charge >= 0.3 is 0 Å². The molecule has 1 aliphatic carbocycles. The lowest BCUT2D eigenvalue weighted by Crippen LogP contribution is -2.40. The maximum atomic E-state index is 13.5. The normalized spacial score (nSPS) is 24.8. The fraction of sp³-hybridized carbons (Fsp3) is 0.571. The van der Waals surface area contributed by atoms with Crippen LogP contribution in [0.3, 0.4) is 0 Å². The lowest BCUT2D eigenvalue weighted by molar-refractivity contribution is 0.190. The van der Waals surface area contributed by atoms with Crippen LogP contribution >= 0.6 is 0 Å². The Bertz CT molecular complexity index is 337. The summed E-state index contributed by atoms with van der Waals surface area (Å²) in [4.78, 5) is 0. The van der Waals surface area contributed by atoms with E-state index in [1.165, 1.54) is 12.1 Å². The lowest BCUT2D eigenvalue weighted by Gasteiger charge is -2.26. The van der Waals surface area contributed by atoms with E-state index in [2.05, 4.69) is 5.32 Å². The Labute approximate surface area is 101 Å². The molecule has 2 rings (SSSR count). The van der Waals surface area contributed by atoms with Crippen LogP contribution in [-0.4, -0.2) is 18.8 Å². The summed E-state index contributed by atoms with van der Waals surface area (Å²) in [6.45, 7) is 0.761. The highest BCUT2D eigenvalue weighted by molar-refractivity contribution is 5.16. The molecular weight excluding hydrogens is 220 g/mol. The Morgan fingerprint density at radius 3 is 2.53 bits per heavy atom. The third-order valence-corrected chi connectivity index (χ3v) is 3.42. The van der Waals surface area contributed by atoms with Crippen LogP contribution in [0.5, 0.6) is 0 Å². The molecule has 1 aromatic rings. The van der Waals surface area contributed by atoms with E-state index >= 15 is 0 Å². The van der Waals surface area contributed by atoms with E-state index in [0.29, 0.717) is 6.42 Å². The summed E-state index contributed by atoms with van der Waals surface area (Å²) < 4.78 is 26.2. The van der Waals surface area contributed by atoms with Gasteiger partial charge in [0.25, 0.3) is 0 Å². The summed E-state index contributed by atoms with van der Waals surface area (Å²) in [5.74, 6) is -0.210. The van der Waals surface area contributed by atoms with E-state index in [4.69, 9.17) is 0 Å². The molecule has 1 nitrogen and oxygen atoms in total. The van der Waals surface area contributed by atoms with Crippen LogP contribution in [0.15, 0.2) is 24.3 Å². The fourth-order valence-electron chi connectivity index (χ4n) is 2.37. The zero-order chi connectivity index (χ0) is 12.1. The van der Waals surface area contributed by atoms with E-state index in [0.717, 1.165) is 37.8 Å². The fourth-order valence-corrected chi connectivity index (χ4v) is 2.37. The topological polar surface area (TPSA) is 12.0 Å². The van der Waals surface area contributed by atoms with Crippen molar-refractivity contribution in [1.29, 1.82) is 0 Å². The second-order valence-electron chi connectivity index (χ2n) is 4.74. The van der Waals surface area contributed by atoms with E-state index in [9.17, 15) is 8.78 Å². The molecule has 1 saturated carbocycles. The van der Waals surface area contributed by atoms with Gasteiger partial charge in [0, 0.05) is 6.04 Å². The minimum Gasteiger partial charge on any atom is -0.311 e. The number of benzene rings is 1. The van der Waals surface area contributed by atoms with Gasteiger partial charge in [-0.3, -0.25) is 0 Å². The molecule has 94 valence electrons. The highest BCUT2D eigenvalue weighted by Gasteiger charge is 2.23. The van der Waals surface area contributed by atoms with E-state index in [1.807, 2.05) is 0 Å². The van der Waals surface area contributed by atoms with Gasteiger partial charge in [0.1, 0.15) is 12.0 Å². The first kappa shape index (κ1) is 12.5. The predicted octanol–water partition coefficient (Wildman–Crippen LogP) is 3.24. The molecule has 1 N–H and O–H groups in total. The van der Waals surface area contributed by atoms with Gasteiger partial charge in [0.15, 0.2) is 0 Å². The van der Waals surface area contributed by atoms with Crippen LogP contribution < -0.4 is 5.32 Å². The van der Waals surface area contributed by atoms with Crippen LogP contribution in [-0.2, 0) is 6.42 Å². The minimum atomic E-state index is -0.697. The molecule has 0 amide bonds. The van der Waals surface area contributed by atoms with Crippen LogP contribution in [0.2, 0.25) is 0 Å². The van der Waals surface area contributed by atoms with Gasteiger partial charge in [0.2, 0.25) is 0 Å².